The molecule has 3 aromatic rings. The van der Waals surface area contributed by atoms with Crippen molar-refractivity contribution in [3.05, 3.63) is 64.9 Å². The Morgan fingerprint density at radius 2 is 1.97 bits per heavy atom. The third-order valence-electron chi connectivity index (χ3n) is 6.14. The number of hydrogen-bond donors (Lipinski definition) is 2. The first-order valence-electron chi connectivity index (χ1n) is 12.7. The number of anilines is 2. The molecule has 8 nitrogen and oxygen atoms in total. The van der Waals surface area contributed by atoms with Crippen molar-refractivity contribution in [1.29, 1.82) is 0 Å². The van der Waals surface area contributed by atoms with Gasteiger partial charge >= 0.3 is 0 Å². The summed E-state index contributed by atoms with van der Waals surface area (Å²) in [7, 11) is 1.63. The Bertz CT molecular complexity index is 1290. The second kappa shape index (κ2) is 12.2. The zero-order valence-corrected chi connectivity index (χ0v) is 22.9. The number of hydrogen-bond acceptors (Lipinski definition) is 7. The van der Waals surface area contributed by atoms with Gasteiger partial charge in [0.25, 0.3) is 5.91 Å². The van der Waals surface area contributed by atoms with Gasteiger partial charge in [0.1, 0.15) is 6.04 Å². The van der Waals surface area contributed by atoms with Crippen LogP contribution in [-0.2, 0) is 4.79 Å². The van der Waals surface area contributed by atoms with Gasteiger partial charge in [-0.3, -0.25) is 4.79 Å². The van der Waals surface area contributed by atoms with E-state index in [-0.39, 0.29) is 5.91 Å². The Labute approximate surface area is 222 Å². The lowest BCUT2D eigenvalue weighted by molar-refractivity contribution is -0.113. The first-order valence-corrected chi connectivity index (χ1v) is 13.7. The van der Waals surface area contributed by atoms with Gasteiger partial charge in [-0.2, -0.15) is 4.98 Å². The summed E-state index contributed by atoms with van der Waals surface area (Å²) in [5, 5.41) is 11.8. The SMILES string of the molecule is CCCCCOc1ccc(C2C(C(=O)Nc3cccc(C)c3)=C(C)Nc3nc(SCC)nn32)cc1OC. The standard InChI is InChI=1S/C28H35N5O3S/c1-6-8-9-15-36-22-14-13-20(17-23(22)35-5)25-24(26(34)30-21-12-10-11-18(3)16-21)19(4)29-27-31-28(37-7-2)32-33(25)27/h10-14,16-17,25H,6-9,15H2,1-5H3,(H,30,34)(H,29,31,32). The number of unbranched alkanes of at least 4 members (excludes halogenated alkanes) is 2. The molecule has 1 unspecified atom stereocenters. The molecule has 0 saturated heterocycles. The fourth-order valence-electron chi connectivity index (χ4n) is 4.35. The summed E-state index contributed by atoms with van der Waals surface area (Å²) in [6.45, 7) is 8.75. The van der Waals surface area contributed by atoms with Gasteiger partial charge in [-0.1, -0.05) is 56.7 Å². The van der Waals surface area contributed by atoms with Crippen molar-refractivity contribution in [2.24, 2.45) is 0 Å². The van der Waals surface area contributed by atoms with Crippen LogP contribution in [-0.4, -0.2) is 40.1 Å². The van der Waals surface area contributed by atoms with Gasteiger partial charge in [0.05, 0.1) is 19.3 Å². The van der Waals surface area contributed by atoms with Gasteiger partial charge in [-0.15, -0.1) is 5.10 Å². The highest BCUT2D eigenvalue weighted by atomic mass is 32.2. The summed E-state index contributed by atoms with van der Waals surface area (Å²) in [5.41, 5.74) is 3.95. The number of thioether (sulfide) groups is 1. The number of amides is 1. The first-order chi connectivity index (χ1) is 17.9. The van der Waals surface area contributed by atoms with Crippen LogP contribution in [0.4, 0.5) is 11.6 Å². The molecule has 0 spiro atoms. The molecular weight excluding hydrogens is 486 g/mol. The minimum atomic E-state index is -0.497. The zero-order valence-electron chi connectivity index (χ0n) is 22.1. The maximum absolute atomic E-state index is 13.7. The van der Waals surface area contributed by atoms with Crippen molar-refractivity contribution in [1.82, 2.24) is 14.8 Å². The summed E-state index contributed by atoms with van der Waals surface area (Å²) in [5.74, 6) is 2.55. The van der Waals surface area contributed by atoms with E-state index >= 15 is 0 Å². The quantitative estimate of drug-likeness (QED) is 0.229. The molecular formula is C28H35N5O3S. The normalized spacial score (nSPS) is 14.7. The number of benzene rings is 2. The molecule has 2 heterocycles. The molecule has 0 saturated carbocycles. The molecule has 1 aliphatic rings. The monoisotopic (exact) mass is 521 g/mol. The molecule has 196 valence electrons. The number of nitrogens with one attached hydrogen (secondary N) is 2. The lowest BCUT2D eigenvalue weighted by Crippen LogP contribution is -2.31. The number of aryl methyl sites for hydroxylation is 1. The molecule has 0 radical (unpaired) electrons. The van der Waals surface area contributed by atoms with Crippen LogP contribution in [0.1, 0.15) is 57.2 Å². The Morgan fingerprint density at radius 1 is 1.14 bits per heavy atom. The fourth-order valence-corrected chi connectivity index (χ4v) is 4.91. The average Bonchev–Trinajstić information content (AvgIpc) is 3.27. The van der Waals surface area contributed by atoms with Crippen molar-refractivity contribution in [2.75, 3.05) is 30.1 Å². The Morgan fingerprint density at radius 3 is 2.70 bits per heavy atom. The van der Waals surface area contributed by atoms with Gasteiger partial charge in [-0.05, 0) is 61.4 Å². The highest BCUT2D eigenvalue weighted by Gasteiger charge is 2.35. The van der Waals surface area contributed by atoms with E-state index in [1.165, 1.54) is 0 Å². The summed E-state index contributed by atoms with van der Waals surface area (Å²) < 4.78 is 13.5. The Kier molecular flexibility index (Phi) is 8.76. The number of aromatic nitrogens is 3. The smallest absolute Gasteiger partial charge is 0.255 e. The Balaban J connectivity index is 1.73. The van der Waals surface area contributed by atoms with E-state index in [1.54, 1.807) is 23.6 Å². The molecule has 1 aliphatic heterocycles. The third kappa shape index (κ3) is 6.10. The van der Waals surface area contributed by atoms with E-state index in [0.717, 1.165) is 47.5 Å². The molecule has 1 atom stereocenters. The van der Waals surface area contributed by atoms with E-state index in [0.29, 0.717) is 34.8 Å². The van der Waals surface area contributed by atoms with Crippen molar-refractivity contribution in [3.63, 3.8) is 0 Å². The predicted octanol–water partition coefficient (Wildman–Crippen LogP) is 6.20. The van der Waals surface area contributed by atoms with Crippen molar-refractivity contribution in [2.45, 2.75) is 58.2 Å². The lowest BCUT2D eigenvalue weighted by Gasteiger charge is -2.29. The number of ether oxygens (including phenoxy) is 2. The third-order valence-corrected chi connectivity index (χ3v) is 6.86. The Hall–Kier alpha value is -3.46. The maximum atomic E-state index is 13.7. The van der Waals surface area contributed by atoms with Crippen LogP contribution in [0.15, 0.2) is 58.9 Å². The summed E-state index contributed by atoms with van der Waals surface area (Å²) >= 11 is 1.56. The zero-order chi connectivity index (χ0) is 26.4. The van der Waals surface area contributed by atoms with E-state index in [4.69, 9.17) is 14.6 Å². The van der Waals surface area contributed by atoms with Gasteiger partial charge in [0.15, 0.2) is 11.5 Å². The van der Waals surface area contributed by atoms with Crippen LogP contribution < -0.4 is 20.1 Å². The lowest BCUT2D eigenvalue weighted by atomic mass is 9.94. The molecule has 9 heteroatoms. The van der Waals surface area contributed by atoms with Gasteiger partial charge in [-0.25, -0.2) is 4.68 Å². The summed E-state index contributed by atoms with van der Waals surface area (Å²) in [6, 6.07) is 13.1. The summed E-state index contributed by atoms with van der Waals surface area (Å²) in [4.78, 5) is 18.4. The van der Waals surface area contributed by atoms with Crippen molar-refractivity contribution >= 4 is 29.3 Å². The summed E-state index contributed by atoms with van der Waals surface area (Å²) in [6.07, 6.45) is 3.24. The van der Waals surface area contributed by atoms with Gasteiger partial charge in [0, 0.05) is 11.4 Å². The molecule has 0 fully saturated rings. The van der Waals surface area contributed by atoms with E-state index in [1.807, 2.05) is 56.3 Å². The number of fused-ring (bicyclic) bond motifs is 1. The van der Waals surface area contributed by atoms with E-state index < -0.39 is 6.04 Å². The first kappa shape index (κ1) is 26.6. The van der Waals surface area contributed by atoms with E-state index in [2.05, 4.69) is 29.5 Å². The number of nitrogens with zero attached hydrogens (tertiary/aromatic N) is 3. The fraction of sp³-hybridized carbons (Fsp3) is 0.393. The molecule has 1 aromatic heterocycles. The highest BCUT2D eigenvalue weighted by molar-refractivity contribution is 7.99. The maximum Gasteiger partial charge on any atom is 0.255 e. The van der Waals surface area contributed by atoms with Crippen LogP contribution in [0.5, 0.6) is 11.5 Å². The second-order valence-corrected chi connectivity index (χ2v) is 10.2. The second-order valence-electron chi connectivity index (χ2n) is 8.95. The molecule has 2 N–H and O–H groups in total. The van der Waals surface area contributed by atoms with Crippen LogP contribution in [0, 0.1) is 6.92 Å². The number of allylic oxidation sites excluding steroid dienone is 1. The molecule has 2 aromatic carbocycles. The van der Waals surface area contributed by atoms with Crippen LogP contribution >= 0.6 is 11.8 Å². The highest BCUT2D eigenvalue weighted by Crippen LogP contribution is 2.40. The van der Waals surface area contributed by atoms with Crippen molar-refractivity contribution < 1.29 is 14.3 Å². The van der Waals surface area contributed by atoms with Crippen LogP contribution in [0.25, 0.3) is 0 Å². The average molecular weight is 522 g/mol. The minimum absolute atomic E-state index is 0.203. The van der Waals surface area contributed by atoms with Crippen molar-refractivity contribution in [3.8, 4) is 11.5 Å². The molecule has 1 amide bonds. The van der Waals surface area contributed by atoms with E-state index in [9.17, 15) is 4.79 Å². The number of methoxy groups -OCH3 is 1. The largest absolute Gasteiger partial charge is 0.493 e. The van der Waals surface area contributed by atoms with Crippen LogP contribution in [0.2, 0.25) is 0 Å². The van der Waals surface area contributed by atoms with Crippen LogP contribution in [0.3, 0.4) is 0 Å². The number of carbonyl (C=O) groups is 1. The predicted molar refractivity (Wildman–Crippen MR) is 149 cm³/mol. The molecule has 0 bridgehead atoms. The molecule has 37 heavy (non-hydrogen) atoms. The minimum Gasteiger partial charge on any atom is -0.493 e. The molecule has 4 rings (SSSR count). The van der Waals surface area contributed by atoms with Gasteiger partial charge < -0.3 is 20.1 Å². The topological polar surface area (TPSA) is 90.3 Å². The van der Waals surface area contributed by atoms with Gasteiger partial charge in [0.2, 0.25) is 11.1 Å². The number of rotatable bonds is 11. The molecule has 0 aliphatic carbocycles. The number of carbonyl (C=O) groups excluding carboxylic acids is 1.